The fourth-order valence-electron chi connectivity index (χ4n) is 5.24. The van der Waals surface area contributed by atoms with Gasteiger partial charge in [0.2, 0.25) is 0 Å². The second-order valence-electron chi connectivity index (χ2n) is 7.99. The molecule has 5 rings (SSSR count). The Morgan fingerprint density at radius 1 is 0.724 bits per heavy atom. The van der Waals surface area contributed by atoms with E-state index in [4.69, 9.17) is 4.74 Å². The van der Waals surface area contributed by atoms with Gasteiger partial charge in [0.25, 0.3) is 0 Å². The predicted octanol–water partition coefficient (Wildman–Crippen LogP) is 7.60. The highest BCUT2D eigenvalue weighted by atomic mass is 16.5. The number of ether oxygens (including phenoxy) is 1. The largest absolute Gasteiger partial charge is 0.497 e. The molecule has 0 spiro atoms. The Balaban J connectivity index is 1.83. The molecule has 0 atom stereocenters. The van der Waals surface area contributed by atoms with Gasteiger partial charge in [0.05, 0.1) is 7.11 Å². The van der Waals surface area contributed by atoms with Crippen LogP contribution in [0.5, 0.6) is 5.75 Å². The molecule has 1 aliphatic carbocycles. The first-order chi connectivity index (χ1) is 14.2. The van der Waals surface area contributed by atoms with Crippen molar-refractivity contribution in [3.8, 4) is 28.0 Å². The van der Waals surface area contributed by atoms with Crippen LogP contribution >= 0.6 is 0 Å². The van der Waals surface area contributed by atoms with Gasteiger partial charge in [0, 0.05) is 5.41 Å². The summed E-state index contributed by atoms with van der Waals surface area (Å²) >= 11 is 0. The van der Waals surface area contributed by atoms with E-state index in [1.165, 1.54) is 44.2 Å². The van der Waals surface area contributed by atoms with E-state index in [1.807, 2.05) is 0 Å². The van der Waals surface area contributed by atoms with Gasteiger partial charge >= 0.3 is 0 Å². The molecule has 144 valence electrons. The molecule has 0 aromatic heterocycles. The summed E-state index contributed by atoms with van der Waals surface area (Å²) in [5.41, 5.74) is 8.33. The molecule has 1 aliphatic rings. The van der Waals surface area contributed by atoms with Gasteiger partial charge in [-0.25, -0.2) is 0 Å². The minimum absolute atomic E-state index is 0.0622. The minimum Gasteiger partial charge on any atom is -0.497 e. The molecule has 0 saturated carbocycles. The zero-order chi connectivity index (χ0) is 20.0. The van der Waals surface area contributed by atoms with Gasteiger partial charge in [-0.05, 0) is 75.2 Å². The number of methoxy groups -OCH3 is 1. The summed E-state index contributed by atoms with van der Waals surface area (Å²) in [6, 6.07) is 28.8. The highest BCUT2D eigenvalue weighted by Gasteiger charge is 2.41. The Bertz CT molecular complexity index is 1200. The van der Waals surface area contributed by atoms with Crippen LogP contribution < -0.4 is 4.74 Å². The maximum Gasteiger partial charge on any atom is 0.119 e. The zero-order valence-corrected chi connectivity index (χ0v) is 17.3. The highest BCUT2D eigenvalue weighted by molar-refractivity contribution is 6.03. The molecule has 4 aromatic rings. The molecule has 0 radical (unpaired) electrons. The molecule has 1 nitrogen and oxygen atoms in total. The summed E-state index contributed by atoms with van der Waals surface area (Å²) in [6.45, 7) is 4.65. The number of rotatable bonds is 4. The van der Waals surface area contributed by atoms with Gasteiger partial charge in [-0.1, -0.05) is 74.5 Å². The van der Waals surface area contributed by atoms with E-state index in [1.54, 1.807) is 7.11 Å². The van der Waals surface area contributed by atoms with E-state index >= 15 is 0 Å². The predicted molar refractivity (Wildman–Crippen MR) is 123 cm³/mol. The molecule has 29 heavy (non-hydrogen) atoms. The van der Waals surface area contributed by atoms with Crippen molar-refractivity contribution in [3.05, 3.63) is 90.0 Å². The van der Waals surface area contributed by atoms with Gasteiger partial charge in [0.1, 0.15) is 5.75 Å². The van der Waals surface area contributed by atoms with Crippen molar-refractivity contribution in [1.82, 2.24) is 0 Å². The number of hydrogen-bond donors (Lipinski definition) is 0. The van der Waals surface area contributed by atoms with E-state index in [0.29, 0.717) is 0 Å². The van der Waals surface area contributed by atoms with Crippen LogP contribution in [-0.2, 0) is 5.41 Å². The lowest BCUT2D eigenvalue weighted by Gasteiger charge is -2.30. The van der Waals surface area contributed by atoms with Crippen LogP contribution in [0.25, 0.3) is 33.0 Å². The average Bonchev–Trinajstić information content (AvgIpc) is 3.09. The van der Waals surface area contributed by atoms with Crippen molar-refractivity contribution in [2.45, 2.75) is 32.1 Å². The first-order valence-electron chi connectivity index (χ1n) is 10.5. The molecule has 0 N–H and O–H groups in total. The number of hydrogen-bond acceptors (Lipinski definition) is 1. The van der Waals surface area contributed by atoms with Crippen LogP contribution in [0.15, 0.2) is 78.9 Å². The van der Waals surface area contributed by atoms with Gasteiger partial charge in [-0.15, -0.1) is 0 Å². The minimum atomic E-state index is 0.0622. The van der Waals surface area contributed by atoms with E-state index in [2.05, 4.69) is 92.7 Å². The van der Waals surface area contributed by atoms with Crippen LogP contribution in [0.1, 0.15) is 37.8 Å². The first-order valence-corrected chi connectivity index (χ1v) is 10.5. The molecular weight excluding hydrogens is 352 g/mol. The molecule has 0 saturated heterocycles. The lowest BCUT2D eigenvalue weighted by Crippen LogP contribution is -2.23. The summed E-state index contributed by atoms with van der Waals surface area (Å²) in [4.78, 5) is 0. The van der Waals surface area contributed by atoms with Crippen LogP contribution in [0.4, 0.5) is 0 Å². The molecule has 1 heteroatoms. The summed E-state index contributed by atoms with van der Waals surface area (Å²) in [5, 5.41) is 2.56. The molecule has 0 heterocycles. The fraction of sp³-hybridized carbons (Fsp3) is 0.214. The Morgan fingerprint density at radius 3 is 2.21 bits per heavy atom. The molecule has 4 aromatic carbocycles. The van der Waals surface area contributed by atoms with Crippen LogP contribution in [-0.4, -0.2) is 7.11 Å². The lowest BCUT2D eigenvalue weighted by atomic mass is 9.73. The zero-order valence-electron chi connectivity index (χ0n) is 17.3. The third kappa shape index (κ3) is 2.54. The normalized spacial score (nSPS) is 13.9. The van der Waals surface area contributed by atoms with E-state index < -0.39 is 0 Å². The SMILES string of the molecule is CCC1(CC)c2cc(-c3ccccc3)ccc2-c2c1ccc1ccc(OC)cc21. The van der Waals surface area contributed by atoms with E-state index in [-0.39, 0.29) is 5.41 Å². The Hall–Kier alpha value is -3.06. The smallest absolute Gasteiger partial charge is 0.119 e. The quantitative estimate of drug-likeness (QED) is 0.355. The van der Waals surface area contributed by atoms with Gasteiger partial charge in [-0.3, -0.25) is 0 Å². The molecule has 0 fully saturated rings. The second-order valence-corrected chi connectivity index (χ2v) is 7.99. The van der Waals surface area contributed by atoms with Crippen molar-refractivity contribution >= 4 is 10.8 Å². The Kier molecular flexibility index (Phi) is 4.20. The topological polar surface area (TPSA) is 9.23 Å². The monoisotopic (exact) mass is 378 g/mol. The fourth-order valence-corrected chi connectivity index (χ4v) is 5.24. The van der Waals surface area contributed by atoms with Crippen LogP contribution in [0, 0.1) is 0 Å². The van der Waals surface area contributed by atoms with Gasteiger partial charge < -0.3 is 4.74 Å². The van der Waals surface area contributed by atoms with Gasteiger partial charge in [-0.2, -0.15) is 0 Å². The maximum absolute atomic E-state index is 5.55. The van der Waals surface area contributed by atoms with Gasteiger partial charge in [0.15, 0.2) is 0 Å². The first kappa shape index (κ1) is 18.0. The molecule has 0 unspecified atom stereocenters. The van der Waals surface area contributed by atoms with Crippen molar-refractivity contribution in [2.24, 2.45) is 0 Å². The van der Waals surface area contributed by atoms with Crippen molar-refractivity contribution in [2.75, 3.05) is 7.11 Å². The van der Waals surface area contributed by atoms with Crippen molar-refractivity contribution in [1.29, 1.82) is 0 Å². The summed E-state index contributed by atoms with van der Waals surface area (Å²) in [6.07, 6.45) is 2.19. The van der Waals surface area contributed by atoms with Crippen LogP contribution in [0.2, 0.25) is 0 Å². The lowest BCUT2D eigenvalue weighted by molar-refractivity contribution is 0.415. The molecule has 0 amide bonds. The highest BCUT2D eigenvalue weighted by Crippen LogP contribution is 2.55. The standard InChI is InChI=1S/C28H26O/c1-4-28(5-2)25-16-13-20-11-14-22(29-3)18-24(20)27(25)23-15-12-21(17-26(23)28)19-9-7-6-8-10-19/h6-18H,4-5H2,1-3H3. The second kappa shape index (κ2) is 6.77. The third-order valence-electron chi connectivity index (χ3n) is 6.86. The van der Waals surface area contributed by atoms with Crippen molar-refractivity contribution in [3.63, 3.8) is 0 Å². The molecule has 0 bridgehead atoms. The Labute approximate surface area is 173 Å². The van der Waals surface area contributed by atoms with E-state index in [9.17, 15) is 0 Å². The summed E-state index contributed by atoms with van der Waals surface area (Å²) in [5.74, 6) is 0.916. The number of fused-ring (bicyclic) bond motifs is 5. The Morgan fingerprint density at radius 2 is 1.48 bits per heavy atom. The summed E-state index contributed by atoms with van der Waals surface area (Å²) < 4.78 is 5.55. The van der Waals surface area contributed by atoms with Crippen LogP contribution in [0.3, 0.4) is 0 Å². The summed E-state index contributed by atoms with van der Waals surface area (Å²) in [7, 11) is 1.74. The average molecular weight is 379 g/mol. The third-order valence-corrected chi connectivity index (χ3v) is 6.86. The van der Waals surface area contributed by atoms with Crippen molar-refractivity contribution < 1.29 is 4.74 Å². The number of benzene rings is 4. The van der Waals surface area contributed by atoms with E-state index in [0.717, 1.165) is 18.6 Å². The molecule has 0 aliphatic heterocycles. The molecular formula is C28H26O. The maximum atomic E-state index is 5.55.